The van der Waals surface area contributed by atoms with Crippen LogP contribution < -0.4 is 5.73 Å². The Morgan fingerprint density at radius 1 is 1.30 bits per heavy atom. The summed E-state index contributed by atoms with van der Waals surface area (Å²) >= 11 is 3.93. The van der Waals surface area contributed by atoms with Crippen molar-refractivity contribution in [2.24, 2.45) is 23.0 Å². The molecule has 2 N–H and O–H groups in total. The molecule has 4 aliphatic carbocycles. The van der Waals surface area contributed by atoms with Gasteiger partial charge in [-0.15, -0.1) is 0 Å². The van der Waals surface area contributed by atoms with Crippen LogP contribution >= 0.6 is 15.9 Å². The molecule has 5 heteroatoms. The summed E-state index contributed by atoms with van der Waals surface area (Å²) in [5.74, 6) is 0.643. The third-order valence-electron chi connectivity index (χ3n) is 5.34. The van der Waals surface area contributed by atoms with Crippen LogP contribution in [0.4, 0.5) is 0 Å². The lowest BCUT2D eigenvalue weighted by molar-refractivity contribution is -0.159. The number of rotatable bonds is 4. The lowest BCUT2D eigenvalue weighted by Gasteiger charge is -2.60. The molecule has 4 aliphatic rings. The molecule has 0 aromatic rings. The smallest absolute Gasteiger partial charge is 0.307 e. The van der Waals surface area contributed by atoms with E-state index >= 15 is 0 Å². The lowest BCUT2D eigenvalue weighted by atomic mass is 9.49. The number of halogens is 1. The molecule has 4 bridgehead atoms. The highest BCUT2D eigenvalue weighted by molar-refractivity contribution is 9.10. The molecule has 3 atom stereocenters. The van der Waals surface area contributed by atoms with E-state index in [1.54, 1.807) is 0 Å². The van der Waals surface area contributed by atoms with Gasteiger partial charge in [0.15, 0.2) is 6.10 Å². The molecule has 0 radical (unpaired) electrons. The number of primary amides is 1. The van der Waals surface area contributed by atoms with Gasteiger partial charge in [-0.2, -0.15) is 0 Å². The normalized spacial score (nSPS) is 43.3. The molecule has 4 fully saturated rings. The van der Waals surface area contributed by atoms with E-state index in [4.69, 9.17) is 10.5 Å². The van der Waals surface area contributed by atoms with Gasteiger partial charge in [0.2, 0.25) is 0 Å². The van der Waals surface area contributed by atoms with Gasteiger partial charge in [-0.1, -0.05) is 15.9 Å². The maximum atomic E-state index is 12.1. The van der Waals surface area contributed by atoms with Crippen molar-refractivity contribution in [1.29, 1.82) is 0 Å². The third kappa shape index (κ3) is 2.61. The fraction of sp³-hybridized carbons (Fsp3) is 0.867. The minimum atomic E-state index is -0.825. The molecular weight excluding hydrogens is 322 g/mol. The van der Waals surface area contributed by atoms with Gasteiger partial charge in [-0.05, 0) is 62.7 Å². The molecule has 0 spiro atoms. The predicted octanol–water partition coefficient (Wildman–Crippen LogP) is 2.53. The zero-order valence-electron chi connectivity index (χ0n) is 11.9. The molecular formula is C15H22BrNO3. The van der Waals surface area contributed by atoms with Crippen molar-refractivity contribution in [2.75, 3.05) is 0 Å². The van der Waals surface area contributed by atoms with Crippen molar-refractivity contribution >= 4 is 27.8 Å². The first-order valence-corrected chi connectivity index (χ1v) is 8.26. The Morgan fingerprint density at radius 2 is 1.90 bits per heavy atom. The Morgan fingerprint density at radius 3 is 2.40 bits per heavy atom. The highest BCUT2D eigenvalue weighted by Gasteiger charge is 2.57. The minimum Gasteiger partial charge on any atom is -0.453 e. The van der Waals surface area contributed by atoms with Gasteiger partial charge < -0.3 is 10.5 Å². The van der Waals surface area contributed by atoms with Crippen molar-refractivity contribution in [3.05, 3.63) is 0 Å². The van der Waals surface area contributed by atoms with Crippen LogP contribution in [0.25, 0.3) is 0 Å². The van der Waals surface area contributed by atoms with Crippen LogP contribution in [0.1, 0.15) is 51.9 Å². The molecule has 0 unspecified atom stereocenters. The van der Waals surface area contributed by atoms with Crippen LogP contribution in [-0.2, 0) is 14.3 Å². The van der Waals surface area contributed by atoms with Gasteiger partial charge >= 0.3 is 5.97 Å². The largest absolute Gasteiger partial charge is 0.453 e. The summed E-state index contributed by atoms with van der Waals surface area (Å²) in [6.07, 6.45) is 6.76. The Labute approximate surface area is 127 Å². The van der Waals surface area contributed by atoms with Gasteiger partial charge in [0.05, 0.1) is 6.42 Å². The van der Waals surface area contributed by atoms with Gasteiger partial charge in [0.25, 0.3) is 5.91 Å². The Bertz CT molecular complexity index is 436. The molecule has 0 aromatic carbocycles. The average molecular weight is 344 g/mol. The van der Waals surface area contributed by atoms with Gasteiger partial charge in [-0.25, -0.2) is 0 Å². The third-order valence-corrected chi connectivity index (χ3v) is 6.27. The van der Waals surface area contributed by atoms with E-state index in [0.717, 1.165) is 31.1 Å². The zero-order chi connectivity index (χ0) is 14.5. The van der Waals surface area contributed by atoms with Crippen LogP contribution in [0.3, 0.4) is 0 Å². The first kappa shape index (κ1) is 14.4. The van der Waals surface area contributed by atoms with E-state index in [0.29, 0.717) is 6.42 Å². The van der Waals surface area contributed by atoms with E-state index in [-0.39, 0.29) is 15.7 Å². The first-order valence-electron chi connectivity index (χ1n) is 7.47. The van der Waals surface area contributed by atoms with Crippen molar-refractivity contribution < 1.29 is 14.3 Å². The van der Waals surface area contributed by atoms with Crippen LogP contribution in [0.15, 0.2) is 0 Å². The maximum absolute atomic E-state index is 12.1. The molecule has 4 saturated carbocycles. The predicted molar refractivity (Wildman–Crippen MR) is 78.1 cm³/mol. The highest BCUT2D eigenvalue weighted by atomic mass is 79.9. The van der Waals surface area contributed by atoms with E-state index in [9.17, 15) is 9.59 Å². The number of carbonyl (C=O) groups excluding carboxylic acids is 2. The summed E-state index contributed by atoms with van der Waals surface area (Å²) in [7, 11) is 0. The van der Waals surface area contributed by atoms with Crippen LogP contribution in [0.2, 0.25) is 0 Å². The number of amides is 1. The molecule has 0 aromatic heterocycles. The molecule has 0 heterocycles. The fourth-order valence-electron chi connectivity index (χ4n) is 5.15. The van der Waals surface area contributed by atoms with E-state index < -0.39 is 12.0 Å². The van der Waals surface area contributed by atoms with Crippen molar-refractivity contribution in [3.8, 4) is 0 Å². The monoisotopic (exact) mass is 343 g/mol. The number of ether oxygens (including phenoxy) is 1. The molecule has 0 aliphatic heterocycles. The number of carbonyl (C=O) groups is 2. The van der Waals surface area contributed by atoms with E-state index in [1.165, 1.54) is 26.2 Å². The fourth-order valence-corrected chi connectivity index (χ4v) is 6.66. The first-order chi connectivity index (χ1) is 9.29. The maximum Gasteiger partial charge on any atom is 0.307 e. The Balaban J connectivity index is 1.68. The molecule has 4 nitrogen and oxygen atoms in total. The standard InChI is InChI=1S/C15H22BrNO3/c1-9(13(17)19)20-12(18)7-14-3-10-2-11(4-14)6-15(16,5-10)8-14/h9-11H,2-8H2,1H3,(H2,17,19)/t9-,10+,11+,14?,15?/m0/s1. The molecule has 4 rings (SSSR count). The average Bonchev–Trinajstić information content (AvgIpc) is 2.23. The summed E-state index contributed by atoms with van der Waals surface area (Å²) in [5, 5.41) is 0. The summed E-state index contributed by atoms with van der Waals surface area (Å²) in [5.41, 5.74) is 5.23. The van der Waals surface area contributed by atoms with Crippen LogP contribution in [0.5, 0.6) is 0 Å². The van der Waals surface area contributed by atoms with E-state index in [1.807, 2.05) is 0 Å². The number of alkyl halides is 1. The zero-order valence-corrected chi connectivity index (χ0v) is 13.4. The second-order valence-electron chi connectivity index (χ2n) is 7.32. The summed E-state index contributed by atoms with van der Waals surface area (Å²) in [6, 6.07) is 0. The summed E-state index contributed by atoms with van der Waals surface area (Å²) in [4.78, 5) is 23.1. The van der Waals surface area contributed by atoms with Gasteiger partial charge in [0, 0.05) is 4.32 Å². The van der Waals surface area contributed by atoms with Gasteiger partial charge in [0.1, 0.15) is 0 Å². The molecule has 0 saturated heterocycles. The van der Waals surface area contributed by atoms with E-state index in [2.05, 4.69) is 15.9 Å². The number of hydrogen-bond donors (Lipinski definition) is 1. The second kappa shape index (κ2) is 4.72. The second-order valence-corrected chi connectivity index (χ2v) is 9.01. The Kier molecular flexibility index (Phi) is 3.39. The van der Waals surface area contributed by atoms with Crippen molar-refractivity contribution in [2.45, 2.75) is 62.3 Å². The summed E-state index contributed by atoms with van der Waals surface area (Å²) < 4.78 is 5.40. The quantitative estimate of drug-likeness (QED) is 0.629. The number of esters is 1. The Hall–Kier alpha value is -0.580. The van der Waals surface area contributed by atoms with Crippen LogP contribution in [-0.4, -0.2) is 22.3 Å². The van der Waals surface area contributed by atoms with Crippen molar-refractivity contribution in [3.63, 3.8) is 0 Å². The molecule has 20 heavy (non-hydrogen) atoms. The van der Waals surface area contributed by atoms with Crippen LogP contribution in [0, 0.1) is 17.3 Å². The van der Waals surface area contributed by atoms with Crippen molar-refractivity contribution in [1.82, 2.24) is 0 Å². The molecule has 112 valence electrons. The molecule has 1 amide bonds. The van der Waals surface area contributed by atoms with Gasteiger partial charge in [-0.3, -0.25) is 9.59 Å². The summed E-state index contributed by atoms with van der Waals surface area (Å²) in [6.45, 7) is 1.53. The highest BCUT2D eigenvalue weighted by Crippen LogP contribution is 2.65. The minimum absolute atomic E-state index is 0.0854. The lowest BCUT2D eigenvalue weighted by Crippen LogP contribution is -2.53. The number of nitrogens with two attached hydrogens (primary N) is 1. The SMILES string of the molecule is C[C@H](OC(=O)CC12C[C@H]3C[C@@H](CC(Br)(C3)C1)C2)C(N)=O. The topological polar surface area (TPSA) is 69.4 Å². The number of hydrogen-bond acceptors (Lipinski definition) is 3.